The molecule has 0 spiro atoms. The number of nitrogens with two attached hydrogens (primary N) is 1. The maximum atomic E-state index is 11.9. The van der Waals surface area contributed by atoms with Gasteiger partial charge in [0, 0.05) is 44.6 Å². The van der Waals surface area contributed by atoms with Crippen molar-refractivity contribution in [3.63, 3.8) is 0 Å². The summed E-state index contributed by atoms with van der Waals surface area (Å²) in [6, 6.07) is 0.522. The second-order valence-corrected chi connectivity index (χ2v) is 6.17. The first-order valence-corrected chi connectivity index (χ1v) is 7.59. The Morgan fingerprint density at radius 3 is 2.86 bits per heavy atom. The Morgan fingerprint density at radius 1 is 1.43 bits per heavy atom. The minimum Gasteiger partial charge on any atom is -0.375 e. The first-order chi connectivity index (χ1) is 9.63. The van der Waals surface area contributed by atoms with E-state index in [1.165, 1.54) is 12.8 Å². The van der Waals surface area contributed by atoms with Crippen molar-refractivity contribution in [3.8, 4) is 0 Å². The van der Waals surface area contributed by atoms with Gasteiger partial charge in [0.2, 0.25) is 5.91 Å². The van der Waals surface area contributed by atoms with Crippen LogP contribution in [0.3, 0.4) is 0 Å². The van der Waals surface area contributed by atoms with Crippen LogP contribution < -0.4 is 5.73 Å². The molecular weight excluding hydrogens is 383 g/mol. The van der Waals surface area contributed by atoms with Crippen molar-refractivity contribution in [2.75, 3.05) is 32.8 Å². The highest BCUT2D eigenvalue weighted by atomic mass is 127. The van der Waals surface area contributed by atoms with Crippen molar-refractivity contribution in [1.82, 2.24) is 9.80 Å². The third-order valence-electron chi connectivity index (χ3n) is 4.30. The summed E-state index contributed by atoms with van der Waals surface area (Å²) < 4.78 is 5.49. The fourth-order valence-corrected chi connectivity index (χ4v) is 3.02. The molecule has 0 aromatic carbocycles. The molecule has 1 saturated carbocycles. The topological polar surface area (TPSA) is 71.2 Å². The van der Waals surface area contributed by atoms with Crippen molar-refractivity contribution in [2.45, 2.75) is 38.3 Å². The van der Waals surface area contributed by atoms with E-state index < -0.39 is 0 Å². The molecule has 2 N–H and O–H groups in total. The second-order valence-electron chi connectivity index (χ2n) is 6.17. The van der Waals surface area contributed by atoms with Crippen LogP contribution in [0.2, 0.25) is 0 Å². The minimum atomic E-state index is 0. The predicted molar refractivity (Wildman–Crippen MR) is 91.7 cm³/mol. The molecule has 7 heteroatoms. The minimum absolute atomic E-state index is 0. The summed E-state index contributed by atoms with van der Waals surface area (Å²) in [6.07, 6.45) is 3.19. The molecule has 6 nitrogen and oxygen atoms in total. The van der Waals surface area contributed by atoms with Crippen molar-refractivity contribution >= 4 is 35.8 Å². The van der Waals surface area contributed by atoms with E-state index in [1.807, 2.05) is 11.8 Å². The molecule has 0 radical (unpaired) electrons. The smallest absolute Gasteiger partial charge is 0.223 e. The van der Waals surface area contributed by atoms with Crippen LogP contribution in [0.15, 0.2) is 4.99 Å². The summed E-state index contributed by atoms with van der Waals surface area (Å²) in [5.74, 6) is 1.23. The van der Waals surface area contributed by atoms with E-state index in [-0.39, 0.29) is 30.1 Å². The molecule has 0 bridgehead atoms. The van der Waals surface area contributed by atoms with E-state index in [0.29, 0.717) is 43.4 Å². The van der Waals surface area contributed by atoms with E-state index in [2.05, 4.69) is 9.89 Å². The molecule has 120 valence electrons. The lowest BCUT2D eigenvalue weighted by molar-refractivity contribution is -0.128. The van der Waals surface area contributed by atoms with Crippen LogP contribution in [0.25, 0.3) is 0 Å². The Balaban J connectivity index is 0.00000161. The highest BCUT2D eigenvalue weighted by Crippen LogP contribution is 2.32. The molecule has 3 aliphatic rings. The third-order valence-corrected chi connectivity index (χ3v) is 4.30. The lowest BCUT2D eigenvalue weighted by Gasteiger charge is -2.32. The molecule has 2 unspecified atom stereocenters. The SMILES string of the molecule is CC1CN(C(N)=NCC2CC(=O)N(C3CC3)C2)CCO1.I. The number of ether oxygens (including phenoxy) is 1. The van der Waals surface area contributed by atoms with E-state index in [9.17, 15) is 4.79 Å². The average molecular weight is 408 g/mol. The molecular formula is C14H25IN4O2. The number of hydrogen-bond donors (Lipinski definition) is 1. The van der Waals surface area contributed by atoms with E-state index in [0.717, 1.165) is 19.6 Å². The van der Waals surface area contributed by atoms with E-state index in [4.69, 9.17) is 10.5 Å². The number of carbonyl (C=O) groups is 1. The van der Waals surface area contributed by atoms with Crippen molar-refractivity contribution in [2.24, 2.45) is 16.6 Å². The zero-order valence-electron chi connectivity index (χ0n) is 12.5. The molecule has 1 aliphatic carbocycles. The van der Waals surface area contributed by atoms with Gasteiger partial charge in [0.25, 0.3) is 0 Å². The van der Waals surface area contributed by atoms with Gasteiger partial charge in [0.05, 0.1) is 12.7 Å². The summed E-state index contributed by atoms with van der Waals surface area (Å²) in [5.41, 5.74) is 6.05. The number of morpholine rings is 1. The van der Waals surface area contributed by atoms with Crippen molar-refractivity contribution < 1.29 is 9.53 Å². The van der Waals surface area contributed by atoms with Gasteiger partial charge in [0.1, 0.15) is 0 Å². The Morgan fingerprint density at radius 2 is 2.19 bits per heavy atom. The first-order valence-electron chi connectivity index (χ1n) is 7.59. The van der Waals surface area contributed by atoms with Gasteiger partial charge >= 0.3 is 0 Å². The Hall–Kier alpha value is -0.570. The molecule has 0 aromatic heterocycles. The summed E-state index contributed by atoms with van der Waals surface area (Å²) in [4.78, 5) is 20.5. The fourth-order valence-electron chi connectivity index (χ4n) is 3.02. The Labute approximate surface area is 143 Å². The quantitative estimate of drug-likeness (QED) is 0.423. The van der Waals surface area contributed by atoms with Crippen molar-refractivity contribution in [3.05, 3.63) is 0 Å². The van der Waals surface area contributed by atoms with Crippen LogP contribution in [0.5, 0.6) is 0 Å². The molecule has 2 heterocycles. The number of aliphatic imine (C=N–C) groups is 1. The Kier molecular flexibility index (Phi) is 5.70. The fraction of sp³-hybridized carbons (Fsp3) is 0.857. The highest BCUT2D eigenvalue weighted by Gasteiger charge is 2.39. The maximum absolute atomic E-state index is 11.9. The number of rotatable bonds is 3. The van der Waals surface area contributed by atoms with Gasteiger partial charge in [-0.2, -0.15) is 0 Å². The molecule has 1 amide bonds. The zero-order chi connectivity index (χ0) is 14.1. The summed E-state index contributed by atoms with van der Waals surface area (Å²) >= 11 is 0. The van der Waals surface area contributed by atoms with Crippen LogP contribution in [0.4, 0.5) is 0 Å². The normalized spacial score (nSPS) is 30.5. The number of amides is 1. The highest BCUT2D eigenvalue weighted by molar-refractivity contribution is 14.0. The largest absolute Gasteiger partial charge is 0.375 e. The summed E-state index contributed by atoms with van der Waals surface area (Å²) in [6.45, 7) is 5.87. The monoisotopic (exact) mass is 408 g/mol. The van der Waals surface area contributed by atoms with Gasteiger partial charge < -0.3 is 20.3 Å². The number of guanidine groups is 1. The molecule has 3 rings (SSSR count). The first kappa shape index (κ1) is 16.8. The van der Waals surface area contributed by atoms with Gasteiger partial charge in [-0.1, -0.05) is 0 Å². The average Bonchev–Trinajstić information content (AvgIpc) is 3.20. The maximum Gasteiger partial charge on any atom is 0.223 e. The second kappa shape index (κ2) is 7.13. The molecule has 2 saturated heterocycles. The van der Waals surface area contributed by atoms with E-state index >= 15 is 0 Å². The third kappa shape index (κ3) is 4.21. The van der Waals surface area contributed by atoms with Gasteiger partial charge in [-0.25, -0.2) is 0 Å². The van der Waals surface area contributed by atoms with Gasteiger partial charge in [-0.3, -0.25) is 9.79 Å². The lowest BCUT2D eigenvalue weighted by Crippen LogP contribution is -2.48. The summed E-state index contributed by atoms with van der Waals surface area (Å²) in [5, 5.41) is 0. The van der Waals surface area contributed by atoms with Crippen LogP contribution in [-0.2, 0) is 9.53 Å². The molecule has 0 aromatic rings. The number of halogens is 1. The van der Waals surface area contributed by atoms with Gasteiger partial charge in [-0.05, 0) is 19.8 Å². The van der Waals surface area contributed by atoms with Gasteiger partial charge in [-0.15, -0.1) is 24.0 Å². The molecule has 2 aliphatic heterocycles. The summed E-state index contributed by atoms with van der Waals surface area (Å²) in [7, 11) is 0. The Bertz CT molecular complexity index is 414. The van der Waals surface area contributed by atoms with E-state index in [1.54, 1.807) is 0 Å². The predicted octanol–water partition coefficient (Wildman–Crippen LogP) is 0.651. The zero-order valence-corrected chi connectivity index (χ0v) is 14.9. The number of carbonyl (C=O) groups excluding carboxylic acids is 1. The van der Waals surface area contributed by atoms with Crippen LogP contribution >= 0.6 is 24.0 Å². The molecule has 3 fully saturated rings. The van der Waals surface area contributed by atoms with Gasteiger partial charge in [0.15, 0.2) is 5.96 Å². The van der Waals surface area contributed by atoms with Crippen LogP contribution in [-0.4, -0.2) is 66.6 Å². The van der Waals surface area contributed by atoms with Crippen molar-refractivity contribution in [1.29, 1.82) is 0 Å². The molecule has 2 atom stereocenters. The standard InChI is InChI=1S/C14H24N4O2.HI/c1-10-8-17(4-5-20-10)14(15)16-7-11-6-13(19)18(9-11)12-2-3-12;/h10-12H,2-9H2,1H3,(H2,15,16);1H. The number of nitrogens with zero attached hydrogens (tertiary/aromatic N) is 3. The number of hydrogen-bond acceptors (Lipinski definition) is 3. The van der Waals surface area contributed by atoms with Crippen LogP contribution in [0.1, 0.15) is 26.2 Å². The van der Waals surface area contributed by atoms with Crippen LogP contribution in [0, 0.1) is 5.92 Å². The number of likely N-dealkylation sites (tertiary alicyclic amines) is 1. The molecule has 21 heavy (non-hydrogen) atoms. The lowest BCUT2D eigenvalue weighted by atomic mass is 10.1.